The van der Waals surface area contributed by atoms with E-state index in [1.54, 1.807) is 6.07 Å². The lowest BCUT2D eigenvalue weighted by Gasteiger charge is -2.09. The van der Waals surface area contributed by atoms with Gasteiger partial charge in [0.05, 0.1) is 18.7 Å². The Bertz CT molecular complexity index is 424. The third-order valence-corrected chi connectivity index (χ3v) is 3.41. The lowest BCUT2D eigenvalue weighted by Crippen LogP contribution is -2.14. The second-order valence-corrected chi connectivity index (χ2v) is 5.25. The van der Waals surface area contributed by atoms with Gasteiger partial charge in [-0.25, -0.2) is 0 Å². The predicted molar refractivity (Wildman–Crippen MR) is 78.2 cm³/mol. The maximum Gasteiger partial charge on any atom is 0.226 e. The van der Waals surface area contributed by atoms with E-state index in [4.69, 9.17) is 16.3 Å². The monoisotopic (exact) mass is 333 g/mol. The summed E-state index contributed by atoms with van der Waals surface area (Å²) >= 11 is 9.42. The number of rotatable bonds is 6. The highest BCUT2D eigenvalue weighted by Crippen LogP contribution is 2.29. The summed E-state index contributed by atoms with van der Waals surface area (Å²) in [6.07, 6.45) is 1.30. The summed E-state index contributed by atoms with van der Waals surface area (Å²) in [5.74, 6) is -0.0771. The molecule has 0 unspecified atom stereocenters. The van der Waals surface area contributed by atoms with Crippen LogP contribution in [0.15, 0.2) is 16.6 Å². The van der Waals surface area contributed by atoms with Gasteiger partial charge in [-0.2, -0.15) is 0 Å². The maximum atomic E-state index is 11.7. The van der Waals surface area contributed by atoms with E-state index in [9.17, 15) is 4.79 Å². The molecule has 0 aliphatic heterocycles. The molecule has 0 atom stereocenters. The van der Waals surface area contributed by atoms with Crippen LogP contribution >= 0.6 is 27.5 Å². The minimum atomic E-state index is -0.0771. The number of aryl methyl sites for hydroxylation is 1. The molecular weight excluding hydrogens is 318 g/mol. The van der Waals surface area contributed by atoms with Gasteiger partial charge in [0.1, 0.15) is 0 Å². The minimum absolute atomic E-state index is 0.0771. The minimum Gasteiger partial charge on any atom is -0.381 e. The van der Waals surface area contributed by atoms with Crippen LogP contribution in [0.1, 0.15) is 25.3 Å². The molecule has 18 heavy (non-hydrogen) atoms. The second-order valence-electron chi connectivity index (χ2n) is 3.99. The molecule has 0 heterocycles. The van der Waals surface area contributed by atoms with Crippen molar-refractivity contribution in [2.45, 2.75) is 26.7 Å². The molecule has 0 aromatic heterocycles. The Morgan fingerprint density at radius 3 is 2.83 bits per heavy atom. The highest BCUT2D eigenvalue weighted by Gasteiger charge is 2.08. The van der Waals surface area contributed by atoms with Crippen LogP contribution in [0.5, 0.6) is 0 Å². The van der Waals surface area contributed by atoms with Crippen molar-refractivity contribution in [3.8, 4) is 0 Å². The molecule has 0 aliphatic rings. The van der Waals surface area contributed by atoms with Gasteiger partial charge in [-0.15, -0.1) is 0 Å². The number of benzene rings is 1. The first kappa shape index (κ1) is 15.5. The SMILES string of the molecule is CCCOCCC(=O)Nc1cc(Cl)c(C)cc1Br. The molecule has 1 aromatic carbocycles. The molecule has 0 saturated heterocycles. The van der Waals surface area contributed by atoms with Gasteiger partial charge in [-0.1, -0.05) is 18.5 Å². The molecule has 1 amide bonds. The van der Waals surface area contributed by atoms with E-state index in [2.05, 4.69) is 21.2 Å². The number of anilines is 1. The van der Waals surface area contributed by atoms with Crippen LogP contribution in [0.2, 0.25) is 5.02 Å². The molecule has 1 aromatic rings. The fourth-order valence-electron chi connectivity index (χ4n) is 1.37. The summed E-state index contributed by atoms with van der Waals surface area (Å²) in [7, 11) is 0. The highest BCUT2D eigenvalue weighted by atomic mass is 79.9. The average Bonchev–Trinajstić information content (AvgIpc) is 2.32. The fourth-order valence-corrected chi connectivity index (χ4v) is 2.09. The topological polar surface area (TPSA) is 38.3 Å². The van der Waals surface area contributed by atoms with Crippen LogP contribution in [0.4, 0.5) is 5.69 Å². The van der Waals surface area contributed by atoms with Gasteiger partial charge >= 0.3 is 0 Å². The van der Waals surface area contributed by atoms with Gasteiger partial charge in [0.15, 0.2) is 0 Å². The Morgan fingerprint density at radius 2 is 2.17 bits per heavy atom. The van der Waals surface area contributed by atoms with Crippen LogP contribution in [0.25, 0.3) is 0 Å². The quantitative estimate of drug-likeness (QED) is 0.793. The smallest absolute Gasteiger partial charge is 0.226 e. The van der Waals surface area contributed by atoms with Crippen molar-refractivity contribution in [3.05, 3.63) is 27.2 Å². The number of hydrogen-bond acceptors (Lipinski definition) is 2. The summed E-state index contributed by atoms with van der Waals surface area (Å²) < 4.78 is 6.09. The standard InChI is InChI=1S/C13H17BrClNO2/c1-3-5-18-6-4-13(17)16-12-8-11(15)9(2)7-10(12)14/h7-8H,3-6H2,1-2H3,(H,16,17). The molecule has 0 aliphatic carbocycles. The molecule has 5 heteroatoms. The number of amides is 1. The van der Waals surface area contributed by atoms with E-state index in [0.717, 1.165) is 16.5 Å². The van der Waals surface area contributed by atoms with E-state index < -0.39 is 0 Å². The van der Waals surface area contributed by atoms with Crippen LogP contribution in [0.3, 0.4) is 0 Å². The Balaban J connectivity index is 2.51. The van der Waals surface area contributed by atoms with E-state index >= 15 is 0 Å². The number of carbonyl (C=O) groups excluding carboxylic acids is 1. The molecule has 3 nitrogen and oxygen atoms in total. The first-order valence-electron chi connectivity index (χ1n) is 5.87. The van der Waals surface area contributed by atoms with Crippen molar-refractivity contribution in [3.63, 3.8) is 0 Å². The molecule has 0 radical (unpaired) electrons. The predicted octanol–water partition coefficient (Wildman–Crippen LogP) is 4.17. The Hall–Kier alpha value is -0.580. The summed E-state index contributed by atoms with van der Waals surface area (Å²) in [6, 6.07) is 3.62. The lowest BCUT2D eigenvalue weighted by atomic mass is 10.2. The van der Waals surface area contributed by atoms with E-state index in [0.29, 0.717) is 30.3 Å². The molecule has 1 N–H and O–H groups in total. The first-order chi connectivity index (χ1) is 8.54. The average molecular weight is 335 g/mol. The first-order valence-corrected chi connectivity index (χ1v) is 7.05. The molecule has 0 spiro atoms. The van der Waals surface area contributed by atoms with Gasteiger partial charge in [0.25, 0.3) is 0 Å². The summed E-state index contributed by atoms with van der Waals surface area (Å²) in [5, 5.41) is 3.44. The van der Waals surface area contributed by atoms with Crippen molar-refractivity contribution in [2.75, 3.05) is 18.5 Å². The Labute approximate surface area is 121 Å². The van der Waals surface area contributed by atoms with Gasteiger partial charge in [-0.3, -0.25) is 4.79 Å². The van der Waals surface area contributed by atoms with Crippen LogP contribution in [-0.2, 0) is 9.53 Å². The number of ether oxygens (including phenoxy) is 1. The second kappa shape index (κ2) is 7.77. The summed E-state index contributed by atoms with van der Waals surface area (Å²) in [5.41, 5.74) is 1.65. The third kappa shape index (κ3) is 4.96. The van der Waals surface area contributed by atoms with E-state index in [1.807, 2.05) is 19.9 Å². The molecule has 0 saturated carbocycles. The zero-order chi connectivity index (χ0) is 13.5. The van der Waals surface area contributed by atoms with E-state index in [1.165, 1.54) is 0 Å². The molecule has 0 fully saturated rings. The maximum absolute atomic E-state index is 11.7. The van der Waals surface area contributed by atoms with Crippen molar-refractivity contribution in [1.82, 2.24) is 0 Å². The van der Waals surface area contributed by atoms with Crippen molar-refractivity contribution < 1.29 is 9.53 Å². The zero-order valence-corrected chi connectivity index (χ0v) is 12.9. The van der Waals surface area contributed by atoms with Crippen LogP contribution in [0, 0.1) is 6.92 Å². The zero-order valence-electron chi connectivity index (χ0n) is 10.6. The van der Waals surface area contributed by atoms with E-state index in [-0.39, 0.29) is 5.91 Å². The van der Waals surface area contributed by atoms with Crippen LogP contribution < -0.4 is 5.32 Å². The van der Waals surface area contributed by atoms with Crippen molar-refractivity contribution >= 4 is 39.1 Å². The van der Waals surface area contributed by atoms with Gasteiger partial charge in [-0.05, 0) is 47.0 Å². The Morgan fingerprint density at radius 1 is 1.44 bits per heavy atom. The normalized spacial score (nSPS) is 10.4. The number of carbonyl (C=O) groups is 1. The number of hydrogen-bond donors (Lipinski definition) is 1. The Kier molecular flexibility index (Phi) is 6.68. The van der Waals surface area contributed by atoms with Gasteiger partial charge < -0.3 is 10.1 Å². The van der Waals surface area contributed by atoms with Crippen molar-refractivity contribution in [1.29, 1.82) is 0 Å². The molecule has 0 bridgehead atoms. The molecular formula is C13H17BrClNO2. The molecule has 100 valence electrons. The molecule has 1 rings (SSSR count). The van der Waals surface area contributed by atoms with Crippen LogP contribution in [-0.4, -0.2) is 19.1 Å². The number of nitrogens with one attached hydrogen (secondary N) is 1. The van der Waals surface area contributed by atoms with Crippen molar-refractivity contribution in [2.24, 2.45) is 0 Å². The van der Waals surface area contributed by atoms with Gasteiger partial charge in [0.2, 0.25) is 5.91 Å². The number of halogens is 2. The largest absolute Gasteiger partial charge is 0.381 e. The summed E-state index contributed by atoms with van der Waals surface area (Å²) in [6.45, 7) is 5.08. The van der Waals surface area contributed by atoms with Gasteiger partial charge in [0, 0.05) is 16.1 Å². The lowest BCUT2D eigenvalue weighted by molar-refractivity contribution is -0.117. The third-order valence-electron chi connectivity index (χ3n) is 2.34. The highest BCUT2D eigenvalue weighted by molar-refractivity contribution is 9.10. The fraction of sp³-hybridized carbons (Fsp3) is 0.462. The summed E-state index contributed by atoms with van der Waals surface area (Å²) in [4.78, 5) is 11.7.